The fourth-order valence-electron chi connectivity index (χ4n) is 3.69. The Labute approximate surface area is 216 Å². The van der Waals surface area contributed by atoms with E-state index in [4.69, 9.17) is 10.1 Å². The SMILES string of the molecule is O=[N+]([O-])c1ccc(/C(=N\Nc2ccccc2)c2nc(-c3ccc([N+](=O)[O-])cc3)nn2-c2ccccc2)cc1. The molecule has 0 aliphatic rings. The van der Waals surface area contributed by atoms with Gasteiger partial charge in [0.15, 0.2) is 11.6 Å². The van der Waals surface area contributed by atoms with Crippen molar-refractivity contribution in [2.45, 2.75) is 0 Å². The molecule has 1 N–H and O–H groups in total. The van der Waals surface area contributed by atoms with Crippen molar-refractivity contribution in [1.29, 1.82) is 0 Å². The molecule has 0 spiro atoms. The van der Waals surface area contributed by atoms with Crippen molar-refractivity contribution in [3.05, 3.63) is 141 Å². The molecule has 0 amide bonds. The van der Waals surface area contributed by atoms with Crippen LogP contribution in [0.5, 0.6) is 0 Å². The second-order valence-corrected chi connectivity index (χ2v) is 8.05. The molecule has 11 nitrogen and oxygen atoms in total. The zero-order valence-electron chi connectivity index (χ0n) is 19.7. The molecule has 5 rings (SSSR count). The number of non-ortho nitro benzene ring substituents is 2. The lowest BCUT2D eigenvalue weighted by atomic mass is 10.1. The molecule has 0 aliphatic heterocycles. The van der Waals surface area contributed by atoms with Crippen molar-refractivity contribution in [3.63, 3.8) is 0 Å². The number of rotatable bonds is 8. The summed E-state index contributed by atoms with van der Waals surface area (Å²) in [5.41, 5.74) is 5.89. The average Bonchev–Trinajstić information content (AvgIpc) is 3.40. The fraction of sp³-hybridized carbons (Fsp3) is 0. The first-order chi connectivity index (χ1) is 18.5. The van der Waals surface area contributed by atoms with Crippen LogP contribution in [0, 0.1) is 20.2 Å². The lowest BCUT2D eigenvalue weighted by molar-refractivity contribution is -0.385. The quantitative estimate of drug-likeness (QED) is 0.164. The maximum absolute atomic E-state index is 11.2. The van der Waals surface area contributed by atoms with E-state index < -0.39 is 9.85 Å². The number of hydrogen-bond donors (Lipinski definition) is 1. The summed E-state index contributed by atoms with van der Waals surface area (Å²) >= 11 is 0. The maximum atomic E-state index is 11.2. The topological polar surface area (TPSA) is 141 Å². The Hall–Kier alpha value is -5.71. The van der Waals surface area contributed by atoms with Crippen molar-refractivity contribution in [3.8, 4) is 17.1 Å². The highest BCUT2D eigenvalue weighted by Crippen LogP contribution is 2.24. The third-order valence-electron chi connectivity index (χ3n) is 5.58. The van der Waals surface area contributed by atoms with E-state index in [-0.39, 0.29) is 11.4 Å². The van der Waals surface area contributed by atoms with Gasteiger partial charge < -0.3 is 0 Å². The molecule has 5 aromatic rings. The number of hydrazone groups is 1. The van der Waals surface area contributed by atoms with Crippen molar-refractivity contribution in [1.82, 2.24) is 14.8 Å². The summed E-state index contributed by atoms with van der Waals surface area (Å²) in [5, 5.41) is 31.6. The van der Waals surface area contributed by atoms with E-state index in [1.165, 1.54) is 24.3 Å². The highest BCUT2D eigenvalue weighted by Gasteiger charge is 2.21. The van der Waals surface area contributed by atoms with Gasteiger partial charge in [0.05, 0.1) is 21.2 Å². The number of nitro groups is 2. The van der Waals surface area contributed by atoms with Crippen LogP contribution in [0.4, 0.5) is 17.1 Å². The molecule has 0 bridgehead atoms. The molecule has 11 heteroatoms. The molecule has 186 valence electrons. The van der Waals surface area contributed by atoms with Gasteiger partial charge in [-0.25, -0.2) is 9.67 Å². The van der Waals surface area contributed by atoms with E-state index in [0.29, 0.717) is 34.2 Å². The largest absolute Gasteiger partial charge is 0.278 e. The minimum absolute atomic E-state index is 0.0448. The van der Waals surface area contributed by atoms with E-state index in [9.17, 15) is 20.2 Å². The molecule has 0 saturated heterocycles. The van der Waals surface area contributed by atoms with E-state index in [2.05, 4.69) is 10.5 Å². The molecule has 0 fully saturated rings. The summed E-state index contributed by atoms with van der Waals surface area (Å²) in [4.78, 5) is 26.1. The Bertz CT molecular complexity index is 1620. The Morgan fingerprint density at radius 2 is 1.29 bits per heavy atom. The normalized spacial score (nSPS) is 11.2. The van der Waals surface area contributed by atoms with Gasteiger partial charge in [0.2, 0.25) is 0 Å². The van der Waals surface area contributed by atoms with Crippen molar-refractivity contribution >= 4 is 22.8 Å². The van der Waals surface area contributed by atoms with Gasteiger partial charge in [-0.1, -0.05) is 36.4 Å². The molecule has 0 atom stereocenters. The molecular formula is C27H19N7O4. The van der Waals surface area contributed by atoms with Gasteiger partial charge in [-0.2, -0.15) is 5.10 Å². The van der Waals surface area contributed by atoms with Crippen LogP contribution in [0.2, 0.25) is 0 Å². The summed E-state index contributed by atoms with van der Waals surface area (Å²) in [6, 6.07) is 30.5. The number of para-hydroxylation sites is 2. The first kappa shape index (κ1) is 24.0. The lowest BCUT2D eigenvalue weighted by Gasteiger charge is -2.10. The molecule has 1 heterocycles. The van der Waals surface area contributed by atoms with Gasteiger partial charge in [-0.05, 0) is 48.5 Å². The van der Waals surface area contributed by atoms with Gasteiger partial charge in [-0.15, -0.1) is 5.10 Å². The minimum atomic E-state index is -0.472. The smallest absolute Gasteiger partial charge is 0.269 e. The third kappa shape index (κ3) is 5.11. The Balaban J connectivity index is 1.67. The fourth-order valence-corrected chi connectivity index (χ4v) is 3.69. The summed E-state index contributed by atoms with van der Waals surface area (Å²) in [5.74, 6) is 0.690. The number of nitro benzene ring substituents is 2. The van der Waals surface area contributed by atoms with Gasteiger partial charge in [0, 0.05) is 35.4 Å². The van der Waals surface area contributed by atoms with Gasteiger partial charge >= 0.3 is 0 Å². The molecule has 38 heavy (non-hydrogen) atoms. The van der Waals surface area contributed by atoms with Crippen LogP contribution >= 0.6 is 0 Å². The number of aromatic nitrogens is 3. The average molecular weight is 505 g/mol. The zero-order chi connectivity index (χ0) is 26.5. The highest BCUT2D eigenvalue weighted by atomic mass is 16.6. The summed E-state index contributed by atoms with van der Waals surface area (Å²) in [6.45, 7) is 0. The third-order valence-corrected chi connectivity index (χ3v) is 5.58. The molecule has 1 aromatic heterocycles. The number of benzene rings is 4. The van der Waals surface area contributed by atoms with E-state index in [1.54, 1.807) is 28.9 Å². The van der Waals surface area contributed by atoms with Gasteiger partial charge in [0.25, 0.3) is 11.4 Å². The molecule has 4 aromatic carbocycles. The first-order valence-electron chi connectivity index (χ1n) is 11.4. The zero-order valence-corrected chi connectivity index (χ0v) is 19.7. The predicted octanol–water partition coefficient (Wildman–Crippen LogP) is 5.62. The van der Waals surface area contributed by atoms with Crippen molar-refractivity contribution < 1.29 is 9.85 Å². The van der Waals surface area contributed by atoms with Crippen LogP contribution < -0.4 is 5.43 Å². The Morgan fingerprint density at radius 1 is 0.737 bits per heavy atom. The maximum Gasteiger partial charge on any atom is 0.269 e. The van der Waals surface area contributed by atoms with Crippen LogP contribution in [-0.4, -0.2) is 30.3 Å². The number of anilines is 1. The molecular weight excluding hydrogens is 486 g/mol. The van der Waals surface area contributed by atoms with Crippen LogP contribution in [0.25, 0.3) is 17.1 Å². The molecule has 0 radical (unpaired) electrons. The second kappa shape index (κ2) is 10.5. The molecule has 0 aliphatic carbocycles. The lowest BCUT2D eigenvalue weighted by Crippen LogP contribution is -2.14. The Kier molecular flexibility index (Phi) is 6.63. The van der Waals surface area contributed by atoms with Crippen LogP contribution in [0.3, 0.4) is 0 Å². The monoisotopic (exact) mass is 505 g/mol. The predicted molar refractivity (Wildman–Crippen MR) is 142 cm³/mol. The van der Waals surface area contributed by atoms with Crippen LogP contribution in [0.15, 0.2) is 114 Å². The molecule has 0 unspecified atom stereocenters. The van der Waals surface area contributed by atoms with Gasteiger partial charge in [0.1, 0.15) is 5.71 Å². The summed E-state index contributed by atoms with van der Waals surface area (Å²) in [6.07, 6.45) is 0. The van der Waals surface area contributed by atoms with E-state index in [1.807, 2.05) is 60.7 Å². The van der Waals surface area contributed by atoms with Crippen molar-refractivity contribution in [2.75, 3.05) is 5.43 Å². The second-order valence-electron chi connectivity index (χ2n) is 8.05. The van der Waals surface area contributed by atoms with Crippen molar-refractivity contribution in [2.24, 2.45) is 5.10 Å². The minimum Gasteiger partial charge on any atom is -0.278 e. The van der Waals surface area contributed by atoms with Crippen LogP contribution in [0.1, 0.15) is 11.4 Å². The first-order valence-corrected chi connectivity index (χ1v) is 11.4. The standard InChI is InChI=1S/C27H19N7O4/c35-33(36)23-15-11-19(12-16-23)25(30-29-21-7-3-1-4-8-21)27-28-26(20-13-17-24(18-14-20)34(37)38)31-32(27)22-9-5-2-6-10-22/h1-18,29H/b30-25+. The highest BCUT2D eigenvalue weighted by molar-refractivity contribution is 6.11. The van der Waals surface area contributed by atoms with Crippen LogP contribution in [-0.2, 0) is 0 Å². The number of hydrogen-bond acceptors (Lipinski definition) is 8. The number of nitrogens with zero attached hydrogens (tertiary/aromatic N) is 6. The Morgan fingerprint density at radius 3 is 1.87 bits per heavy atom. The van der Waals surface area contributed by atoms with E-state index >= 15 is 0 Å². The summed E-state index contributed by atoms with van der Waals surface area (Å²) in [7, 11) is 0. The number of nitrogens with one attached hydrogen (secondary N) is 1. The summed E-state index contributed by atoms with van der Waals surface area (Å²) < 4.78 is 1.61. The molecule has 0 saturated carbocycles. The van der Waals surface area contributed by atoms with E-state index in [0.717, 1.165) is 5.69 Å². The van der Waals surface area contributed by atoms with Gasteiger partial charge in [-0.3, -0.25) is 25.7 Å².